The van der Waals surface area contributed by atoms with Gasteiger partial charge in [-0.1, -0.05) is 12.2 Å². The second kappa shape index (κ2) is 2.60. The minimum atomic E-state index is 0.701. The van der Waals surface area contributed by atoms with Crippen LogP contribution in [-0.4, -0.2) is 25.0 Å². The highest BCUT2D eigenvalue weighted by atomic mass is 15.1. The van der Waals surface area contributed by atoms with E-state index >= 15 is 0 Å². The maximum atomic E-state index is 2.54. The molecule has 0 aromatic rings. The number of allylic oxidation sites excluding steroid dienone is 2. The maximum absolute atomic E-state index is 2.54. The minimum absolute atomic E-state index is 0.701. The number of rotatable bonds is 0. The first-order valence-electron chi connectivity index (χ1n) is 5.65. The molecule has 0 aromatic heterocycles. The zero-order valence-corrected chi connectivity index (χ0v) is 8.50. The first-order valence-corrected chi connectivity index (χ1v) is 5.65. The fourth-order valence-corrected chi connectivity index (χ4v) is 3.92. The molecule has 2 fully saturated rings. The molecule has 3 rings (SSSR count). The summed E-state index contributed by atoms with van der Waals surface area (Å²) in [6, 6.07) is 0. The summed E-state index contributed by atoms with van der Waals surface area (Å²) in [7, 11) is 2.29. The van der Waals surface area contributed by atoms with Gasteiger partial charge < -0.3 is 4.90 Å². The van der Waals surface area contributed by atoms with Crippen molar-refractivity contribution in [1.29, 1.82) is 0 Å². The standard InChI is InChI=1S/C12H19N/c1-13-6-2-5-12(9-13)8-10-3-4-11(12)7-10/h3-4,10-11H,2,5-9H2,1H3. The van der Waals surface area contributed by atoms with Crippen molar-refractivity contribution in [2.45, 2.75) is 25.7 Å². The number of fused-ring (bicyclic) bond motifs is 3. The summed E-state index contributed by atoms with van der Waals surface area (Å²) in [5.41, 5.74) is 0.701. The zero-order valence-electron chi connectivity index (χ0n) is 8.50. The summed E-state index contributed by atoms with van der Waals surface area (Å²) in [6.07, 6.45) is 10.8. The summed E-state index contributed by atoms with van der Waals surface area (Å²) in [5, 5.41) is 0. The summed E-state index contributed by atoms with van der Waals surface area (Å²) in [5.74, 6) is 1.87. The molecule has 72 valence electrons. The topological polar surface area (TPSA) is 3.24 Å². The van der Waals surface area contributed by atoms with Crippen LogP contribution in [-0.2, 0) is 0 Å². The Bertz CT molecular complexity index is 246. The molecule has 1 nitrogen and oxygen atoms in total. The Morgan fingerprint density at radius 2 is 2.31 bits per heavy atom. The molecule has 13 heavy (non-hydrogen) atoms. The highest BCUT2D eigenvalue weighted by Gasteiger charge is 2.49. The molecule has 1 spiro atoms. The van der Waals surface area contributed by atoms with Crippen LogP contribution in [0.1, 0.15) is 25.7 Å². The van der Waals surface area contributed by atoms with E-state index in [0.717, 1.165) is 11.8 Å². The van der Waals surface area contributed by atoms with Crippen molar-refractivity contribution in [3.8, 4) is 0 Å². The molecule has 1 heterocycles. The lowest BCUT2D eigenvalue weighted by Gasteiger charge is -2.43. The van der Waals surface area contributed by atoms with Crippen molar-refractivity contribution < 1.29 is 0 Å². The zero-order chi connectivity index (χ0) is 8.89. The first kappa shape index (κ1) is 8.05. The van der Waals surface area contributed by atoms with Crippen molar-refractivity contribution in [1.82, 2.24) is 4.90 Å². The largest absolute Gasteiger partial charge is 0.306 e. The van der Waals surface area contributed by atoms with E-state index in [0.29, 0.717) is 5.41 Å². The predicted octanol–water partition coefficient (Wildman–Crippen LogP) is 2.29. The highest BCUT2D eigenvalue weighted by molar-refractivity contribution is 5.16. The van der Waals surface area contributed by atoms with Crippen molar-refractivity contribution >= 4 is 0 Å². The molecule has 3 unspecified atom stereocenters. The van der Waals surface area contributed by atoms with Crippen molar-refractivity contribution in [2.24, 2.45) is 17.3 Å². The van der Waals surface area contributed by atoms with Crippen molar-refractivity contribution in [3.63, 3.8) is 0 Å². The van der Waals surface area contributed by atoms with E-state index in [1.54, 1.807) is 0 Å². The van der Waals surface area contributed by atoms with Crippen LogP contribution < -0.4 is 0 Å². The van der Waals surface area contributed by atoms with Gasteiger partial charge in [-0.3, -0.25) is 0 Å². The lowest BCUT2D eigenvalue weighted by Crippen LogP contribution is -2.43. The molecular formula is C12H19N. The molecule has 0 N–H and O–H groups in total. The number of nitrogens with zero attached hydrogens (tertiary/aromatic N) is 1. The number of likely N-dealkylation sites (tertiary alicyclic amines) is 1. The van der Waals surface area contributed by atoms with E-state index in [4.69, 9.17) is 0 Å². The Kier molecular flexibility index (Phi) is 1.61. The van der Waals surface area contributed by atoms with Crippen LogP contribution in [0.15, 0.2) is 12.2 Å². The van der Waals surface area contributed by atoms with Gasteiger partial charge in [-0.2, -0.15) is 0 Å². The van der Waals surface area contributed by atoms with E-state index in [-0.39, 0.29) is 0 Å². The van der Waals surface area contributed by atoms with Gasteiger partial charge in [0.1, 0.15) is 0 Å². The lowest BCUT2D eigenvalue weighted by atomic mass is 9.70. The molecule has 0 aromatic carbocycles. The molecule has 3 aliphatic rings. The van der Waals surface area contributed by atoms with Gasteiger partial charge in [-0.25, -0.2) is 0 Å². The minimum Gasteiger partial charge on any atom is -0.306 e. The fraction of sp³-hybridized carbons (Fsp3) is 0.833. The predicted molar refractivity (Wildman–Crippen MR) is 54.5 cm³/mol. The summed E-state index contributed by atoms with van der Waals surface area (Å²) < 4.78 is 0. The van der Waals surface area contributed by atoms with Gasteiger partial charge in [0.2, 0.25) is 0 Å². The molecule has 0 radical (unpaired) electrons. The molecule has 2 bridgehead atoms. The third-order valence-electron chi connectivity index (χ3n) is 4.43. The number of piperidine rings is 1. The average Bonchev–Trinajstić information content (AvgIpc) is 2.63. The Morgan fingerprint density at radius 1 is 1.38 bits per heavy atom. The normalized spacial score (nSPS) is 49.3. The van der Waals surface area contributed by atoms with Crippen LogP contribution in [0.2, 0.25) is 0 Å². The first-order chi connectivity index (χ1) is 6.28. The number of hydrogen-bond donors (Lipinski definition) is 0. The third kappa shape index (κ3) is 1.10. The SMILES string of the molecule is CN1CCCC2(CC3C=CC2C3)C1. The smallest absolute Gasteiger partial charge is 0.00408 e. The third-order valence-corrected chi connectivity index (χ3v) is 4.43. The van der Waals surface area contributed by atoms with Crippen LogP contribution in [0.4, 0.5) is 0 Å². The molecule has 1 saturated heterocycles. The van der Waals surface area contributed by atoms with Gasteiger partial charge >= 0.3 is 0 Å². The van der Waals surface area contributed by atoms with Gasteiger partial charge in [0.15, 0.2) is 0 Å². The Morgan fingerprint density at radius 3 is 2.92 bits per heavy atom. The number of hydrogen-bond acceptors (Lipinski definition) is 1. The molecule has 0 amide bonds. The van der Waals surface area contributed by atoms with Gasteiger partial charge in [0.05, 0.1) is 0 Å². The molecule has 3 atom stereocenters. The van der Waals surface area contributed by atoms with E-state index in [1.165, 1.54) is 38.8 Å². The maximum Gasteiger partial charge on any atom is 0.00408 e. The Hall–Kier alpha value is -0.300. The second-order valence-electron chi connectivity index (χ2n) is 5.40. The monoisotopic (exact) mass is 177 g/mol. The van der Waals surface area contributed by atoms with Crippen molar-refractivity contribution in [2.75, 3.05) is 20.1 Å². The van der Waals surface area contributed by atoms with Gasteiger partial charge in [0.25, 0.3) is 0 Å². The van der Waals surface area contributed by atoms with E-state index in [1.807, 2.05) is 0 Å². The van der Waals surface area contributed by atoms with Crippen LogP contribution in [0.5, 0.6) is 0 Å². The fourth-order valence-electron chi connectivity index (χ4n) is 3.92. The Labute approximate surface area is 80.8 Å². The van der Waals surface area contributed by atoms with Crippen LogP contribution >= 0.6 is 0 Å². The summed E-state index contributed by atoms with van der Waals surface area (Å²) in [6.45, 7) is 2.68. The molecule has 1 saturated carbocycles. The molecule has 1 aliphatic heterocycles. The van der Waals surface area contributed by atoms with Crippen LogP contribution in [0, 0.1) is 17.3 Å². The average molecular weight is 177 g/mol. The Balaban J connectivity index is 1.85. The van der Waals surface area contributed by atoms with Gasteiger partial charge in [0, 0.05) is 6.54 Å². The molecular weight excluding hydrogens is 158 g/mol. The van der Waals surface area contributed by atoms with Crippen LogP contribution in [0.3, 0.4) is 0 Å². The summed E-state index contributed by atoms with van der Waals surface area (Å²) >= 11 is 0. The van der Waals surface area contributed by atoms with E-state index < -0.39 is 0 Å². The van der Waals surface area contributed by atoms with E-state index in [9.17, 15) is 0 Å². The molecule has 2 aliphatic carbocycles. The highest BCUT2D eigenvalue weighted by Crippen LogP contribution is 2.55. The van der Waals surface area contributed by atoms with Crippen LogP contribution in [0.25, 0.3) is 0 Å². The van der Waals surface area contributed by atoms with Crippen molar-refractivity contribution in [3.05, 3.63) is 12.2 Å². The molecule has 1 heteroatoms. The summed E-state index contributed by atoms with van der Waals surface area (Å²) in [4.78, 5) is 2.54. The lowest BCUT2D eigenvalue weighted by molar-refractivity contribution is 0.0829. The second-order valence-corrected chi connectivity index (χ2v) is 5.40. The quantitative estimate of drug-likeness (QED) is 0.513. The van der Waals surface area contributed by atoms with Gasteiger partial charge in [-0.05, 0) is 56.5 Å². The van der Waals surface area contributed by atoms with E-state index in [2.05, 4.69) is 24.1 Å². The van der Waals surface area contributed by atoms with Gasteiger partial charge in [-0.15, -0.1) is 0 Å².